The van der Waals surface area contributed by atoms with E-state index in [1.807, 2.05) is 55.5 Å². The van der Waals surface area contributed by atoms with Gasteiger partial charge in [-0.25, -0.2) is 5.43 Å². The van der Waals surface area contributed by atoms with Crippen LogP contribution in [0.3, 0.4) is 0 Å². The van der Waals surface area contributed by atoms with Crippen LogP contribution in [0.1, 0.15) is 11.1 Å². The van der Waals surface area contributed by atoms with E-state index in [4.69, 9.17) is 0 Å². The molecule has 3 rings (SSSR count). The van der Waals surface area contributed by atoms with Crippen LogP contribution in [0.4, 0.5) is 5.69 Å². The van der Waals surface area contributed by atoms with Gasteiger partial charge < -0.3 is 10.4 Å². The fourth-order valence-electron chi connectivity index (χ4n) is 2.63. The summed E-state index contributed by atoms with van der Waals surface area (Å²) in [6.45, 7) is 2.10. The molecule has 6 heteroatoms. The second kappa shape index (κ2) is 8.18. The minimum atomic E-state index is -0.265. The fourth-order valence-corrected chi connectivity index (χ4v) is 3.28. The summed E-state index contributed by atoms with van der Waals surface area (Å²) in [5, 5.41) is 19.0. The summed E-state index contributed by atoms with van der Waals surface area (Å²) in [5.74, 6) is -0.145. The Bertz CT molecular complexity index is 986. The highest BCUT2D eigenvalue weighted by atomic mass is 127. The van der Waals surface area contributed by atoms with Crippen LogP contribution >= 0.6 is 22.6 Å². The average Bonchev–Trinajstić information content (AvgIpc) is 2.63. The lowest BCUT2D eigenvalue weighted by atomic mass is 10.0. The Labute approximate surface area is 165 Å². The van der Waals surface area contributed by atoms with E-state index in [2.05, 4.69) is 38.4 Å². The summed E-state index contributed by atoms with van der Waals surface area (Å²) >= 11 is 2.25. The largest absolute Gasteiger partial charge is 0.507 e. The van der Waals surface area contributed by atoms with Crippen LogP contribution in [0.15, 0.2) is 59.7 Å². The normalized spacial score (nSPS) is 11.0. The Hall–Kier alpha value is -2.61. The van der Waals surface area contributed by atoms with Gasteiger partial charge >= 0.3 is 0 Å². The second-order valence-corrected chi connectivity index (χ2v) is 7.07. The molecule has 26 heavy (non-hydrogen) atoms. The van der Waals surface area contributed by atoms with E-state index in [1.165, 1.54) is 6.21 Å². The molecule has 0 aliphatic heterocycles. The van der Waals surface area contributed by atoms with E-state index in [1.54, 1.807) is 6.07 Å². The van der Waals surface area contributed by atoms with Gasteiger partial charge in [0.25, 0.3) is 5.91 Å². The predicted octanol–water partition coefficient (Wildman–Crippen LogP) is 4.02. The SMILES string of the molecule is Cc1cc(I)ccc1NCC(=O)N/N=C/c1c(O)ccc2ccccc12. The Morgan fingerprint density at radius 3 is 2.81 bits per heavy atom. The molecule has 0 bridgehead atoms. The molecule has 0 aromatic heterocycles. The molecule has 3 aromatic rings. The Kier molecular flexibility index (Phi) is 5.72. The van der Waals surface area contributed by atoms with Crippen molar-refractivity contribution in [3.05, 3.63) is 69.3 Å². The second-order valence-electron chi connectivity index (χ2n) is 5.83. The molecule has 0 saturated heterocycles. The van der Waals surface area contributed by atoms with Crippen LogP contribution in [0.25, 0.3) is 10.8 Å². The molecule has 0 radical (unpaired) electrons. The van der Waals surface area contributed by atoms with Crippen molar-refractivity contribution in [3.8, 4) is 5.75 Å². The number of aryl methyl sites for hydroxylation is 1. The first-order valence-corrected chi connectivity index (χ1v) is 9.15. The molecular weight excluding hydrogens is 441 g/mol. The number of carbonyl (C=O) groups is 1. The number of nitrogens with one attached hydrogen (secondary N) is 2. The van der Waals surface area contributed by atoms with Gasteiger partial charge in [0, 0.05) is 14.8 Å². The number of amides is 1. The molecule has 0 spiro atoms. The number of benzene rings is 3. The third-order valence-electron chi connectivity index (χ3n) is 3.96. The van der Waals surface area contributed by atoms with Crippen molar-refractivity contribution in [2.75, 3.05) is 11.9 Å². The number of carbonyl (C=O) groups excluding carboxylic acids is 1. The van der Waals surface area contributed by atoms with Crippen molar-refractivity contribution in [2.45, 2.75) is 6.92 Å². The first kappa shape index (κ1) is 18.2. The number of fused-ring (bicyclic) bond motifs is 1. The van der Waals surface area contributed by atoms with Crippen molar-refractivity contribution in [2.24, 2.45) is 5.10 Å². The zero-order valence-corrected chi connectivity index (χ0v) is 16.3. The third-order valence-corrected chi connectivity index (χ3v) is 4.63. The van der Waals surface area contributed by atoms with Gasteiger partial charge in [0.2, 0.25) is 0 Å². The molecule has 1 amide bonds. The summed E-state index contributed by atoms with van der Waals surface area (Å²) in [7, 11) is 0. The molecule has 0 saturated carbocycles. The maximum Gasteiger partial charge on any atom is 0.259 e. The van der Waals surface area contributed by atoms with Crippen molar-refractivity contribution in [1.29, 1.82) is 0 Å². The van der Waals surface area contributed by atoms with Gasteiger partial charge in [0.05, 0.1) is 12.8 Å². The van der Waals surface area contributed by atoms with Crippen molar-refractivity contribution in [3.63, 3.8) is 0 Å². The third kappa shape index (κ3) is 4.32. The average molecular weight is 459 g/mol. The van der Waals surface area contributed by atoms with E-state index in [0.717, 1.165) is 25.6 Å². The predicted molar refractivity (Wildman–Crippen MR) is 114 cm³/mol. The number of rotatable bonds is 5. The van der Waals surface area contributed by atoms with E-state index in [-0.39, 0.29) is 18.2 Å². The Morgan fingerprint density at radius 2 is 2.00 bits per heavy atom. The maximum atomic E-state index is 12.0. The van der Waals surface area contributed by atoms with Crippen LogP contribution in [0.2, 0.25) is 0 Å². The summed E-state index contributed by atoms with van der Waals surface area (Å²) in [5.41, 5.74) is 5.04. The van der Waals surface area contributed by atoms with Crippen molar-refractivity contribution in [1.82, 2.24) is 5.43 Å². The minimum absolute atomic E-state index is 0.111. The Balaban J connectivity index is 1.64. The molecule has 0 aliphatic rings. The smallest absolute Gasteiger partial charge is 0.259 e. The number of hydrazone groups is 1. The van der Waals surface area contributed by atoms with Gasteiger partial charge in [-0.2, -0.15) is 5.10 Å². The number of hydrogen-bond acceptors (Lipinski definition) is 4. The van der Waals surface area contributed by atoms with E-state index in [9.17, 15) is 9.90 Å². The van der Waals surface area contributed by atoms with Crippen molar-refractivity contribution >= 4 is 51.2 Å². The maximum absolute atomic E-state index is 12.0. The fraction of sp³-hybridized carbons (Fsp3) is 0.100. The quantitative estimate of drug-likeness (QED) is 0.307. The van der Waals surface area contributed by atoms with Gasteiger partial charge in [0.15, 0.2) is 0 Å². The summed E-state index contributed by atoms with van der Waals surface area (Å²) < 4.78 is 1.15. The molecule has 0 unspecified atom stereocenters. The lowest BCUT2D eigenvalue weighted by Gasteiger charge is -2.09. The van der Waals surface area contributed by atoms with Crippen molar-refractivity contribution < 1.29 is 9.90 Å². The van der Waals surface area contributed by atoms with Gasteiger partial charge in [-0.05, 0) is 70.1 Å². The molecule has 0 aliphatic carbocycles. The standard InChI is InChI=1S/C20H18IN3O2/c1-13-10-15(21)7-8-18(13)22-12-20(26)24-23-11-17-16-5-3-2-4-14(16)6-9-19(17)25/h2-11,22,25H,12H2,1H3,(H,24,26)/b23-11+. The highest BCUT2D eigenvalue weighted by Crippen LogP contribution is 2.25. The molecule has 3 aromatic carbocycles. The molecule has 3 N–H and O–H groups in total. The van der Waals surface area contributed by atoms with Crippen LogP contribution < -0.4 is 10.7 Å². The van der Waals surface area contributed by atoms with E-state index < -0.39 is 0 Å². The monoisotopic (exact) mass is 459 g/mol. The molecule has 0 heterocycles. The first-order chi connectivity index (χ1) is 12.5. The van der Waals surface area contributed by atoms with E-state index in [0.29, 0.717) is 5.56 Å². The van der Waals surface area contributed by atoms with Gasteiger partial charge in [-0.15, -0.1) is 0 Å². The molecule has 132 valence electrons. The number of halogens is 1. The highest BCUT2D eigenvalue weighted by molar-refractivity contribution is 14.1. The lowest BCUT2D eigenvalue weighted by molar-refractivity contribution is -0.119. The summed E-state index contributed by atoms with van der Waals surface area (Å²) in [4.78, 5) is 12.0. The van der Waals surface area contributed by atoms with Crippen LogP contribution in [-0.2, 0) is 4.79 Å². The number of phenolic OH excluding ortho intramolecular Hbond substituents is 1. The van der Waals surface area contributed by atoms with Gasteiger partial charge in [-0.3, -0.25) is 4.79 Å². The van der Waals surface area contributed by atoms with Crippen LogP contribution in [-0.4, -0.2) is 23.8 Å². The van der Waals surface area contributed by atoms with E-state index >= 15 is 0 Å². The summed E-state index contributed by atoms with van der Waals surface area (Å²) in [6.07, 6.45) is 1.46. The number of aromatic hydroxyl groups is 1. The minimum Gasteiger partial charge on any atom is -0.507 e. The zero-order chi connectivity index (χ0) is 18.5. The number of hydrogen-bond donors (Lipinski definition) is 3. The van der Waals surface area contributed by atoms with Gasteiger partial charge in [0.1, 0.15) is 5.75 Å². The number of nitrogens with zero attached hydrogens (tertiary/aromatic N) is 1. The molecule has 5 nitrogen and oxygen atoms in total. The molecule has 0 atom stereocenters. The molecule has 0 fully saturated rings. The van der Waals surface area contributed by atoms with Crippen LogP contribution in [0, 0.1) is 10.5 Å². The zero-order valence-electron chi connectivity index (χ0n) is 14.2. The summed E-state index contributed by atoms with van der Waals surface area (Å²) in [6, 6.07) is 17.1. The lowest BCUT2D eigenvalue weighted by Crippen LogP contribution is -2.26. The first-order valence-electron chi connectivity index (χ1n) is 8.07. The topological polar surface area (TPSA) is 73.7 Å². The number of phenols is 1. The van der Waals surface area contributed by atoms with Crippen LogP contribution in [0.5, 0.6) is 5.75 Å². The van der Waals surface area contributed by atoms with Gasteiger partial charge in [-0.1, -0.05) is 30.3 Å². The molecular formula is C20H18IN3O2. The Morgan fingerprint density at radius 1 is 1.19 bits per heavy atom. The highest BCUT2D eigenvalue weighted by Gasteiger charge is 2.05. The number of anilines is 1.